The largest absolute Gasteiger partial charge is 0.490 e. The minimum absolute atomic E-state index is 0.170. The highest BCUT2D eigenvalue weighted by molar-refractivity contribution is 5.95. The molecule has 3 aromatic carbocycles. The molecule has 0 bridgehead atoms. The zero-order valence-electron chi connectivity index (χ0n) is 21.1. The number of benzene rings is 3. The number of hydrogen-bond acceptors (Lipinski definition) is 6. The number of carbonyl (C=O) groups is 1. The van der Waals surface area contributed by atoms with E-state index in [0.29, 0.717) is 16.7 Å². The zero-order valence-corrected chi connectivity index (χ0v) is 21.1. The fourth-order valence-electron chi connectivity index (χ4n) is 3.27. The Balaban J connectivity index is 0.000000587. The number of nitrogens with zero attached hydrogens (tertiary/aromatic N) is 1. The number of nitrogen functional groups attached to an aromatic ring is 1. The third kappa shape index (κ3) is 7.99. The van der Waals surface area contributed by atoms with Crippen molar-refractivity contribution in [3.63, 3.8) is 0 Å². The second-order valence-corrected chi connectivity index (χ2v) is 8.31. The normalized spacial score (nSPS) is 11.6. The van der Waals surface area contributed by atoms with Crippen LogP contribution in [-0.2, 0) is 4.79 Å². The molecule has 5 N–H and O–H groups in total. The van der Waals surface area contributed by atoms with Crippen LogP contribution in [0.15, 0.2) is 78.9 Å². The van der Waals surface area contributed by atoms with Gasteiger partial charge in [-0.15, -0.1) is 0 Å². The van der Waals surface area contributed by atoms with Gasteiger partial charge < -0.3 is 25.4 Å². The van der Waals surface area contributed by atoms with Gasteiger partial charge in [0.05, 0.1) is 0 Å². The van der Waals surface area contributed by atoms with Gasteiger partial charge in [0.25, 0.3) is 11.8 Å². The number of aromatic nitrogens is 1. The molecule has 0 fully saturated rings. The van der Waals surface area contributed by atoms with Crippen LogP contribution in [0, 0.1) is 24.0 Å². The molecule has 0 aliphatic heterocycles. The molecule has 4 rings (SSSR count). The number of pyridine rings is 1. The number of hydrogen-bond donors (Lipinski definition) is 4. The highest BCUT2D eigenvalue weighted by Gasteiger charge is 2.38. The number of aliphatic hydroxyl groups is 1. The third-order valence-electron chi connectivity index (χ3n) is 5.34. The molecule has 0 radical (unpaired) electrons. The van der Waals surface area contributed by atoms with Crippen LogP contribution in [0.2, 0.25) is 0 Å². The Labute approximate surface area is 229 Å². The highest BCUT2D eigenvalue weighted by atomic mass is 19.4. The van der Waals surface area contributed by atoms with Crippen LogP contribution in [0.1, 0.15) is 28.4 Å². The number of nitrogens with two attached hydrogens (primary N) is 1. The van der Waals surface area contributed by atoms with Gasteiger partial charge in [0.15, 0.2) is 11.6 Å². The summed E-state index contributed by atoms with van der Waals surface area (Å²) in [7, 11) is 0. The molecule has 1 aromatic heterocycles. The second kappa shape index (κ2) is 12.9. The molecule has 41 heavy (non-hydrogen) atoms. The number of ether oxygens (including phenoxy) is 2. The third-order valence-corrected chi connectivity index (χ3v) is 5.34. The van der Waals surface area contributed by atoms with Gasteiger partial charge in [-0.3, -0.25) is 5.41 Å². The lowest BCUT2D eigenvalue weighted by Crippen LogP contribution is -2.21. The van der Waals surface area contributed by atoms with Crippen molar-refractivity contribution in [1.29, 1.82) is 5.41 Å². The number of aliphatic carboxylic acids is 1. The number of rotatable bonds is 7. The predicted octanol–water partition coefficient (Wildman–Crippen LogP) is 6.25. The Kier molecular flexibility index (Phi) is 9.58. The van der Waals surface area contributed by atoms with Gasteiger partial charge in [0.2, 0.25) is 0 Å². The van der Waals surface area contributed by atoms with Gasteiger partial charge in [-0.2, -0.15) is 18.2 Å². The lowest BCUT2D eigenvalue weighted by atomic mass is 10.0. The van der Waals surface area contributed by atoms with Crippen LogP contribution in [0.25, 0.3) is 0 Å². The molecule has 0 aliphatic carbocycles. The van der Waals surface area contributed by atoms with E-state index < -0.39 is 41.6 Å². The van der Waals surface area contributed by atoms with Gasteiger partial charge in [-0.1, -0.05) is 54.6 Å². The molecular formula is C28H22F5N3O5. The van der Waals surface area contributed by atoms with Crippen molar-refractivity contribution in [3.8, 4) is 23.3 Å². The van der Waals surface area contributed by atoms with E-state index in [-0.39, 0.29) is 22.9 Å². The Hall–Kier alpha value is -5.04. The smallest absolute Gasteiger partial charge is 0.475 e. The number of alkyl halides is 3. The molecule has 1 unspecified atom stereocenters. The molecule has 1 heterocycles. The zero-order chi connectivity index (χ0) is 30.3. The summed E-state index contributed by atoms with van der Waals surface area (Å²) in [5.41, 5.74) is 6.74. The van der Waals surface area contributed by atoms with Crippen molar-refractivity contribution < 1.29 is 46.4 Å². The summed E-state index contributed by atoms with van der Waals surface area (Å²) in [6, 6.07) is 21.7. The monoisotopic (exact) mass is 575 g/mol. The van der Waals surface area contributed by atoms with E-state index in [1.165, 1.54) is 19.1 Å². The average Bonchev–Trinajstić information content (AvgIpc) is 2.94. The van der Waals surface area contributed by atoms with Crippen LogP contribution < -0.4 is 15.2 Å². The summed E-state index contributed by atoms with van der Waals surface area (Å²) >= 11 is 0. The first kappa shape index (κ1) is 30.5. The number of carboxylic acid groups (broad SMARTS) is 1. The molecule has 214 valence electrons. The topological polar surface area (TPSA) is 139 Å². The first-order valence-corrected chi connectivity index (χ1v) is 11.6. The first-order valence-electron chi connectivity index (χ1n) is 11.6. The van der Waals surface area contributed by atoms with Gasteiger partial charge in [-0.25, -0.2) is 13.6 Å². The van der Waals surface area contributed by atoms with Gasteiger partial charge in [0, 0.05) is 11.1 Å². The Bertz CT molecular complexity index is 1550. The maximum absolute atomic E-state index is 14.8. The van der Waals surface area contributed by atoms with Gasteiger partial charge in [-0.05, 0) is 42.3 Å². The van der Waals surface area contributed by atoms with E-state index in [1.54, 1.807) is 48.5 Å². The fraction of sp³-hybridized carbons (Fsp3) is 0.107. The van der Waals surface area contributed by atoms with E-state index in [0.717, 1.165) is 0 Å². The highest BCUT2D eigenvalue weighted by Crippen LogP contribution is 2.34. The number of amidine groups is 1. The van der Waals surface area contributed by atoms with Crippen LogP contribution in [0.3, 0.4) is 0 Å². The van der Waals surface area contributed by atoms with Crippen LogP contribution >= 0.6 is 0 Å². The number of carboxylic acids is 1. The molecule has 0 amide bonds. The van der Waals surface area contributed by atoms with E-state index in [2.05, 4.69) is 4.98 Å². The Morgan fingerprint density at radius 1 is 0.878 bits per heavy atom. The maximum atomic E-state index is 14.8. The van der Waals surface area contributed by atoms with E-state index >= 15 is 0 Å². The SMILES string of the molecule is Cc1c(F)c(Oc2cccc(C(=N)N)c2)nc(Oc2cccc(C(O)c3ccccc3)c2)c1F.O=C(O)C(F)(F)F. The lowest BCUT2D eigenvalue weighted by molar-refractivity contribution is -0.192. The number of nitrogens with one attached hydrogen (secondary N) is 1. The summed E-state index contributed by atoms with van der Waals surface area (Å²) in [4.78, 5) is 12.8. The molecule has 0 aliphatic rings. The van der Waals surface area contributed by atoms with Crippen LogP contribution in [0.4, 0.5) is 22.0 Å². The number of halogens is 5. The molecule has 8 nitrogen and oxygen atoms in total. The van der Waals surface area contributed by atoms with Crippen molar-refractivity contribution in [1.82, 2.24) is 4.98 Å². The molecular weight excluding hydrogens is 553 g/mol. The van der Waals surface area contributed by atoms with E-state index in [1.807, 2.05) is 18.2 Å². The molecule has 0 spiro atoms. The minimum atomic E-state index is -5.08. The molecule has 13 heteroatoms. The van der Waals surface area contributed by atoms with Crippen molar-refractivity contribution in [2.75, 3.05) is 0 Å². The first-order chi connectivity index (χ1) is 19.3. The summed E-state index contributed by atoms with van der Waals surface area (Å²) < 4.78 is 72.3. The summed E-state index contributed by atoms with van der Waals surface area (Å²) in [6.07, 6.45) is -6.00. The summed E-state index contributed by atoms with van der Waals surface area (Å²) in [5, 5.41) is 25.3. The van der Waals surface area contributed by atoms with Crippen molar-refractivity contribution >= 4 is 11.8 Å². The quantitative estimate of drug-likeness (QED) is 0.116. The maximum Gasteiger partial charge on any atom is 0.490 e. The Morgan fingerprint density at radius 3 is 1.88 bits per heavy atom. The molecule has 0 saturated carbocycles. The van der Waals surface area contributed by atoms with Crippen LogP contribution in [0.5, 0.6) is 23.3 Å². The lowest BCUT2D eigenvalue weighted by Gasteiger charge is -2.15. The van der Waals surface area contributed by atoms with E-state index in [4.69, 9.17) is 30.5 Å². The molecule has 1 atom stereocenters. The second-order valence-electron chi connectivity index (χ2n) is 8.31. The van der Waals surface area contributed by atoms with Crippen LogP contribution in [-0.4, -0.2) is 33.2 Å². The fourth-order valence-corrected chi connectivity index (χ4v) is 3.27. The Morgan fingerprint density at radius 2 is 1.37 bits per heavy atom. The molecule has 0 saturated heterocycles. The standard InChI is InChI=1S/C26H21F2N3O3.C2HF3O2/c1-15-21(27)25(31-26(22(15)28)34-20-12-6-10-18(14-20)24(29)30)33-19-11-5-9-17(13-19)23(32)16-7-3-2-4-8-16;3-2(4,5)1(6)7/h2-14,23,32H,1H3,(H3,29,30);(H,6,7). The average molecular weight is 575 g/mol. The van der Waals surface area contributed by atoms with Crippen molar-refractivity contribution in [2.24, 2.45) is 5.73 Å². The minimum Gasteiger partial charge on any atom is -0.475 e. The van der Waals surface area contributed by atoms with Crippen molar-refractivity contribution in [2.45, 2.75) is 19.2 Å². The van der Waals surface area contributed by atoms with E-state index in [9.17, 15) is 27.1 Å². The van der Waals surface area contributed by atoms with Gasteiger partial charge >= 0.3 is 12.1 Å². The summed E-state index contributed by atoms with van der Waals surface area (Å²) in [5.74, 6) is -5.50. The summed E-state index contributed by atoms with van der Waals surface area (Å²) in [6.45, 7) is 1.24. The van der Waals surface area contributed by atoms with Crippen molar-refractivity contribution in [3.05, 3.63) is 113 Å². The number of aliphatic hydroxyl groups excluding tert-OH is 1. The predicted molar refractivity (Wildman–Crippen MR) is 137 cm³/mol. The molecule has 4 aromatic rings. The van der Waals surface area contributed by atoms with Gasteiger partial charge in [0.1, 0.15) is 23.4 Å².